The largest absolute Gasteiger partial charge is 0.489 e. The second-order valence-corrected chi connectivity index (χ2v) is 9.04. The van der Waals surface area contributed by atoms with Gasteiger partial charge in [-0.2, -0.15) is 0 Å². The minimum Gasteiger partial charge on any atom is -0.489 e. The average Bonchev–Trinajstić information content (AvgIpc) is 3.45. The van der Waals surface area contributed by atoms with Gasteiger partial charge in [0, 0.05) is 34.1 Å². The summed E-state index contributed by atoms with van der Waals surface area (Å²) in [5, 5.41) is 0.561. The van der Waals surface area contributed by atoms with E-state index in [4.69, 9.17) is 16.3 Å². The van der Waals surface area contributed by atoms with Crippen molar-refractivity contribution in [3.8, 4) is 5.75 Å². The number of hydrogen-bond donors (Lipinski definition) is 0. The molecular formula is C23H21BrClN3O2. The summed E-state index contributed by atoms with van der Waals surface area (Å²) in [5.74, 6) is 1.39. The Labute approximate surface area is 189 Å². The van der Waals surface area contributed by atoms with Crippen LogP contribution < -0.4 is 4.74 Å². The fraction of sp³-hybridized carbons (Fsp3) is 0.304. The zero-order valence-corrected chi connectivity index (χ0v) is 19.1. The van der Waals surface area contributed by atoms with Gasteiger partial charge >= 0.3 is 0 Å². The lowest BCUT2D eigenvalue weighted by atomic mass is 9.92. The van der Waals surface area contributed by atoms with Gasteiger partial charge in [0.05, 0.1) is 23.5 Å². The van der Waals surface area contributed by atoms with E-state index < -0.39 is 0 Å². The number of carbonyl (C=O) groups is 1. The molecule has 1 aliphatic carbocycles. The van der Waals surface area contributed by atoms with Gasteiger partial charge in [-0.3, -0.25) is 9.78 Å². The number of hydrogen-bond acceptors (Lipinski definition) is 5. The zero-order chi connectivity index (χ0) is 21.3. The first-order chi connectivity index (χ1) is 14.4. The van der Waals surface area contributed by atoms with E-state index in [1.54, 1.807) is 24.5 Å². The SMILES string of the molecule is Cc1ncc(OC[C@@]2(c3ccc(Br)cc3)C[C@H]2C(=O)Cc2ccc(Cl)cn2)c(C)n1. The number of ketones is 1. The predicted molar refractivity (Wildman–Crippen MR) is 119 cm³/mol. The van der Waals surface area contributed by atoms with Crippen molar-refractivity contribution in [3.05, 3.63) is 81.1 Å². The van der Waals surface area contributed by atoms with Crippen LogP contribution in [0, 0.1) is 19.8 Å². The number of nitrogens with zero attached hydrogens (tertiary/aromatic N) is 3. The van der Waals surface area contributed by atoms with Crippen LogP contribution in [-0.2, 0) is 16.6 Å². The summed E-state index contributed by atoms with van der Waals surface area (Å²) in [6, 6.07) is 11.7. The third kappa shape index (κ3) is 4.40. The first kappa shape index (κ1) is 20.9. The molecule has 1 fully saturated rings. The van der Waals surface area contributed by atoms with E-state index in [2.05, 4.69) is 43.0 Å². The highest BCUT2D eigenvalue weighted by molar-refractivity contribution is 9.10. The number of benzene rings is 1. The Hall–Kier alpha value is -2.31. The normalized spacial score (nSPS) is 20.1. The molecule has 0 radical (unpaired) electrons. The summed E-state index contributed by atoms with van der Waals surface area (Å²) in [6.07, 6.45) is 4.30. The molecular weight excluding hydrogens is 466 g/mol. The number of aryl methyl sites for hydroxylation is 2. The van der Waals surface area contributed by atoms with Crippen molar-refractivity contribution in [1.29, 1.82) is 0 Å². The fourth-order valence-corrected chi connectivity index (χ4v) is 4.18. The molecule has 5 nitrogen and oxygen atoms in total. The van der Waals surface area contributed by atoms with Gasteiger partial charge in [0.2, 0.25) is 0 Å². The van der Waals surface area contributed by atoms with Crippen LogP contribution in [0.25, 0.3) is 0 Å². The van der Waals surface area contributed by atoms with Gasteiger partial charge in [-0.05, 0) is 50.1 Å². The quantitative estimate of drug-likeness (QED) is 0.467. The molecule has 2 atom stereocenters. The number of ether oxygens (including phenoxy) is 1. The Morgan fingerprint density at radius 1 is 1.17 bits per heavy atom. The molecule has 30 heavy (non-hydrogen) atoms. The van der Waals surface area contributed by atoms with Crippen molar-refractivity contribution in [1.82, 2.24) is 15.0 Å². The number of carbonyl (C=O) groups excluding carboxylic acids is 1. The third-order valence-electron chi connectivity index (χ3n) is 5.57. The van der Waals surface area contributed by atoms with Crippen LogP contribution in [0.2, 0.25) is 5.02 Å². The van der Waals surface area contributed by atoms with Gasteiger partial charge in [0.15, 0.2) is 5.75 Å². The van der Waals surface area contributed by atoms with Gasteiger partial charge in [-0.1, -0.05) is 39.7 Å². The predicted octanol–water partition coefficient (Wildman–Crippen LogP) is 5.05. The van der Waals surface area contributed by atoms with Crippen molar-refractivity contribution in [2.45, 2.75) is 32.1 Å². The molecule has 0 aliphatic heterocycles. The molecule has 0 spiro atoms. The Balaban J connectivity index is 1.55. The molecule has 1 saturated carbocycles. The first-order valence-electron chi connectivity index (χ1n) is 9.69. The van der Waals surface area contributed by atoms with E-state index in [0.717, 1.165) is 27.8 Å². The molecule has 0 saturated heterocycles. The van der Waals surface area contributed by atoms with Crippen LogP contribution in [0.15, 0.2) is 53.3 Å². The van der Waals surface area contributed by atoms with Crippen LogP contribution in [0.5, 0.6) is 5.75 Å². The van der Waals surface area contributed by atoms with Crippen LogP contribution in [0.1, 0.15) is 29.2 Å². The number of pyridine rings is 1. The fourth-order valence-electron chi connectivity index (χ4n) is 3.80. The van der Waals surface area contributed by atoms with Crippen LogP contribution >= 0.6 is 27.5 Å². The lowest BCUT2D eigenvalue weighted by molar-refractivity contribution is -0.120. The van der Waals surface area contributed by atoms with E-state index in [1.165, 1.54) is 0 Å². The maximum absolute atomic E-state index is 13.1. The summed E-state index contributed by atoms with van der Waals surface area (Å²) < 4.78 is 7.13. The Morgan fingerprint density at radius 3 is 2.60 bits per heavy atom. The van der Waals surface area contributed by atoms with Crippen LogP contribution in [-0.4, -0.2) is 27.3 Å². The van der Waals surface area contributed by atoms with E-state index in [9.17, 15) is 4.79 Å². The highest BCUT2D eigenvalue weighted by Crippen LogP contribution is 2.55. The summed E-state index contributed by atoms with van der Waals surface area (Å²) in [6.45, 7) is 4.14. The minimum atomic E-state index is -0.360. The lowest BCUT2D eigenvalue weighted by Gasteiger charge is -2.19. The summed E-state index contributed by atoms with van der Waals surface area (Å²) in [7, 11) is 0. The number of rotatable bonds is 7. The summed E-state index contributed by atoms with van der Waals surface area (Å²) >= 11 is 9.39. The van der Waals surface area contributed by atoms with Gasteiger partial charge in [-0.15, -0.1) is 0 Å². The standard InChI is InChI=1S/C23H21BrClN3O2/c1-14-22(12-26-15(2)28-14)30-13-23(16-3-5-17(24)6-4-16)10-20(23)21(29)9-19-8-7-18(25)11-27-19/h3-8,11-12,20H,9-10,13H2,1-2H3/t20-,23+/m0/s1. The van der Waals surface area contributed by atoms with Gasteiger partial charge in [0.1, 0.15) is 11.6 Å². The second kappa shape index (κ2) is 8.44. The monoisotopic (exact) mass is 485 g/mol. The van der Waals surface area contributed by atoms with Gasteiger partial charge in [-0.25, -0.2) is 9.97 Å². The van der Waals surface area contributed by atoms with Crippen LogP contribution in [0.4, 0.5) is 0 Å². The maximum atomic E-state index is 13.1. The molecule has 0 unspecified atom stereocenters. The molecule has 1 aliphatic rings. The van der Waals surface area contributed by atoms with E-state index in [1.807, 2.05) is 26.0 Å². The third-order valence-corrected chi connectivity index (χ3v) is 6.32. The van der Waals surface area contributed by atoms with Crippen molar-refractivity contribution < 1.29 is 9.53 Å². The number of aromatic nitrogens is 3. The summed E-state index contributed by atoms with van der Waals surface area (Å²) in [5.41, 5.74) is 2.26. The van der Waals surface area contributed by atoms with E-state index >= 15 is 0 Å². The number of halogens is 2. The Kier molecular flexibility index (Phi) is 5.89. The highest BCUT2D eigenvalue weighted by Gasteiger charge is 2.59. The molecule has 4 rings (SSSR count). The molecule has 0 amide bonds. The van der Waals surface area contributed by atoms with Crippen molar-refractivity contribution in [2.24, 2.45) is 5.92 Å². The Morgan fingerprint density at radius 2 is 1.93 bits per heavy atom. The second-order valence-electron chi connectivity index (χ2n) is 7.69. The number of Topliss-reactive ketones (excluding diaryl/α,β-unsaturated/α-hetero) is 1. The molecule has 3 aromatic rings. The smallest absolute Gasteiger partial charge is 0.158 e. The van der Waals surface area contributed by atoms with E-state index in [0.29, 0.717) is 23.2 Å². The van der Waals surface area contributed by atoms with Crippen molar-refractivity contribution >= 4 is 33.3 Å². The van der Waals surface area contributed by atoms with Gasteiger partial charge in [0.25, 0.3) is 0 Å². The van der Waals surface area contributed by atoms with Crippen molar-refractivity contribution in [2.75, 3.05) is 6.61 Å². The minimum absolute atomic E-state index is 0.122. The topological polar surface area (TPSA) is 65.0 Å². The lowest BCUT2D eigenvalue weighted by Crippen LogP contribution is -2.24. The molecule has 2 heterocycles. The molecule has 0 bridgehead atoms. The molecule has 2 aromatic heterocycles. The molecule has 7 heteroatoms. The molecule has 154 valence electrons. The van der Waals surface area contributed by atoms with Crippen LogP contribution in [0.3, 0.4) is 0 Å². The average molecular weight is 487 g/mol. The molecule has 1 aromatic carbocycles. The molecule has 0 N–H and O–H groups in total. The highest BCUT2D eigenvalue weighted by atomic mass is 79.9. The Bertz CT molecular complexity index is 1070. The van der Waals surface area contributed by atoms with E-state index in [-0.39, 0.29) is 23.5 Å². The van der Waals surface area contributed by atoms with Gasteiger partial charge < -0.3 is 4.74 Å². The first-order valence-corrected chi connectivity index (χ1v) is 10.9. The summed E-state index contributed by atoms with van der Waals surface area (Å²) in [4.78, 5) is 25.9. The van der Waals surface area contributed by atoms with Crippen molar-refractivity contribution in [3.63, 3.8) is 0 Å². The zero-order valence-electron chi connectivity index (χ0n) is 16.7. The maximum Gasteiger partial charge on any atom is 0.158 e.